The number of methoxy groups -OCH3 is 2. The van der Waals surface area contributed by atoms with Crippen molar-refractivity contribution in [3.05, 3.63) is 82.4 Å². The molecule has 38 heavy (non-hydrogen) atoms. The number of amides is 3. The molecular weight excluding hydrogens is 506 g/mol. The van der Waals surface area contributed by atoms with Crippen LogP contribution in [0.15, 0.2) is 60.7 Å². The van der Waals surface area contributed by atoms with Gasteiger partial charge < -0.3 is 29.9 Å². The lowest BCUT2D eigenvalue weighted by Gasteiger charge is -2.36. The minimum Gasteiger partial charge on any atom is -0.493 e. The Kier molecular flexibility index (Phi) is 8.07. The zero-order chi connectivity index (χ0) is 27.4. The summed E-state index contributed by atoms with van der Waals surface area (Å²) in [5.41, 5.74) is 3.62. The molecule has 0 aliphatic carbocycles. The van der Waals surface area contributed by atoms with Gasteiger partial charge in [0.1, 0.15) is 11.9 Å². The Morgan fingerprint density at radius 3 is 2.05 bits per heavy atom. The van der Waals surface area contributed by atoms with E-state index in [1.165, 1.54) is 4.90 Å². The number of hydrogen-bond acceptors (Lipinski definition) is 5. The number of rotatable bonds is 6. The van der Waals surface area contributed by atoms with Crippen LogP contribution in [0.4, 0.5) is 16.2 Å². The van der Waals surface area contributed by atoms with Gasteiger partial charge in [0, 0.05) is 49.0 Å². The van der Waals surface area contributed by atoms with Gasteiger partial charge in [0.2, 0.25) is 5.91 Å². The number of halogens is 1. The van der Waals surface area contributed by atoms with Crippen molar-refractivity contribution in [2.75, 3.05) is 38.9 Å². The van der Waals surface area contributed by atoms with Crippen LogP contribution in [0.5, 0.6) is 11.5 Å². The van der Waals surface area contributed by atoms with Crippen LogP contribution in [0.3, 0.4) is 0 Å². The minimum atomic E-state index is -0.785. The summed E-state index contributed by atoms with van der Waals surface area (Å²) in [6, 6.07) is 16.3. The molecule has 4 rings (SSSR count). The Bertz CT molecular complexity index is 1340. The van der Waals surface area contributed by atoms with Crippen LogP contribution in [-0.4, -0.2) is 61.9 Å². The van der Waals surface area contributed by atoms with Gasteiger partial charge in [-0.15, -0.1) is 0 Å². The molecule has 1 atom stereocenters. The number of fused-ring (bicyclic) bond motifs is 1. The Balaban J connectivity index is 1.61. The normalized spacial score (nSPS) is 14.2. The summed E-state index contributed by atoms with van der Waals surface area (Å²) >= 11 is 5.98. The van der Waals surface area contributed by atoms with Gasteiger partial charge in [0.05, 0.1) is 14.2 Å². The molecule has 0 aromatic heterocycles. The second-order valence-corrected chi connectivity index (χ2v) is 9.51. The predicted octanol–water partition coefficient (Wildman–Crippen LogP) is 4.84. The molecule has 3 aromatic carbocycles. The van der Waals surface area contributed by atoms with Crippen LogP contribution in [0, 0.1) is 5.41 Å². The number of carbonyl (C=O) groups excluding carboxylic acids is 2. The number of anilines is 2. The lowest BCUT2D eigenvalue weighted by molar-refractivity contribution is -0.120. The molecule has 0 spiro atoms. The van der Waals surface area contributed by atoms with Gasteiger partial charge in [0.15, 0.2) is 11.5 Å². The number of nitrogens with zero attached hydrogens (tertiary/aromatic N) is 2. The number of nitrogens with one attached hydrogen (secondary N) is 3. The summed E-state index contributed by atoms with van der Waals surface area (Å²) in [6.07, 6.45) is 0.291. The number of amidine groups is 1. The van der Waals surface area contributed by atoms with E-state index in [0.717, 1.165) is 16.7 Å². The van der Waals surface area contributed by atoms with Crippen LogP contribution < -0.4 is 20.1 Å². The molecule has 3 amide bonds. The number of ether oxygens (including phenoxy) is 2. The summed E-state index contributed by atoms with van der Waals surface area (Å²) in [5, 5.41) is 14.5. The molecule has 1 aliphatic heterocycles. The maximum atomic E-state index is 13.5. The van der Waals surface area contributed by atoms with Crippen LogP contribution in [0.25, 0.3) is 0 Å². The fourth-order valence-corrected chi connectivity index (χ4v) is 4.41. The van der Waals surface area contributed by atoms with Crippen molar-refractivity contribution in [2.24, 2.45) is 0 Å². The highest BCUT2D eigenvalue weighted by molar-refractivity contribution is 6.30. The third-order valence-electron chi connectivity index (χ3n) is 6.37. The zero-order valence-corrected chi connectivity index (χ0v) is 22.4. The van der Waals surface area contributed by atoms with Crippen molar-refractivity contribution in [1.82, 2.24) is 9.80 Å². The van der Waals surface area contributed by atoms with E-state index in [9.17, 15) is 9.59 Å². The molecule has 3 aromatic rings. The van der Waals surface area contributed by atoms with Crippen LogP contribution in [0.2, 0.25) is 5.02 Å². The summed E-state index contributed by atoms with van der Waals surface area (Å²) in [5.74, 6) is 1.15. The summed E-state index contributed by atoms with van der Waals surface area (Å²) in [4.78, 5) is 30.2. The molecular formula is C28H30ClN5O4. The number of urea groups is 1. The highest BCUT2D eigenvalue weighted by Gasteiger charge is 2.36. The average molecular weight is 536 g/mol. The van der Waals surface area contributed by atoms with Gasteiger partial charge in [-0.2, -0.15) is 0 Å². The first kappa shape index (κ1) is 26.8. The molecule has 0 fully saturated rings. The molecule has 0 unspecified atom stereocenters. The van der Waals surface area contributed by atoms with E-state index in [1.54, 1.807) is 81.7 Å². The Morgan fingerprint density at radius 1 is 0.921 bits per heavy atom. The second-order valence-electron chi connectivity index (χ2n) is 9.07. The van der Waals surface area contributed by atoms with E-state index in [-0.39, 0.29) is 12.5 Å². The average Bonchev–Trinajstić information content (AvgIpc) is 2.92. The Hall–Kier alpha value is -4.24. The second kappa shape index (κ2) is 11.4. The van der Waals surface area contributed by atoms with Crippen molar-refractivity contribution in [1.29, 1.82) is 5.41 Å². The van der Waals surface area contributed by atoms with Gasteiger partial charge in [0.25, 0.3) is 0 Å². The Morgan fingerprint density at radius 2 is 1.47 bits per heavy atom. The molecule has 0 bridgehead atoms. The van der Waals surface area contributed by atoms with Crippen LogP contribution in [-0.2, 0) is 17.8 Å². The van der Waals surface area contributed by atoms with E-state index in [0.29, 0.717) is 40.2 Å². The molecule has 3 N–H and O–H groups in total. The Labute approximate surface area is 226 Å². The van der Waals surface area contributed by atoms with E-state index in [1.807, 2.05) is 12.1 Å². The molecule has 0 saturated heterocycles. The predicted molar refractivity (Wildman–Crippen MR) is 149 cm³/mol. The van der Waals surface area contributed by atoms with Gasteiger partial charge in [-0.1, -0.05) is 11.6 Å². The van der Waals surface area contributed by atoms with Crippen molar-refractivity contribution in [2.45, 2.75) is 19.0 Å². The van der Waals surface area contributed by atoms with Crippen molar-refractivity contribution in [3.63, 3.8) is 0 Å². The first-order valence-corrected chi connectivity index (χ1v) is 12.3. The summed E-state index contributed by atoms with van der Waals surface area (Å²) < 4.78 is 10.9. The fourth-order valence-electron chi connectivity index (χ4n) is 4.28. The van der Waals surface area contributed by atoms with Gasteiger partial charge in [-0.25, -0.2) is 4.79 Å². The smallest absolute Gasteiger partial charge is 0.322 e. The molecule has 1 aliphatic rings. The maximum Gasteiger partial charge on any atom is 0.322 e. The monoisotopic (exact) mass is 535 g/mol. The molecule has 0 saturated carbocycles. The lowest BCUT2D eigenvalue weighted by Crippen LogP contribution is -2.52. The third-order valence-corrected chi connectivity index (χ3v) is 6.62. The molecule has 10 heteroatoms. The van der Waals surface area contributed by atoms with E-state index < -0.39 is 12.1 Å². The minimum absolute atomic E-state index is 0.201. The SMILES string of the molecule is COc1cc2c(cc1OC)CN(C(=O)Nc1ccc(Cl)cc1)[C@H](C(=O)Nc1ccc(C(=N)N(C)C)cc1)C2. The van der Waals surface area contributed by atoms with Crippen molar-refractivity contribution in [3.8, 4) is 11.5 Å². The fraction of sp³-hybridized carbons (Fsp3) is 0.250. The standard InChI is InChI=1S/C28H30ClN5O4/c1-33(2)26(30)17-5-9-21(10-6-17)31-27(35)23-13-18-14-24(37-3)25(38-4)15-19(18)16-34(23)28(36)32-22-11-7-20(29)8-12-22/h5-12,14-15,23,30H,13,16H2,1-4H3,(H,31,35)(H,32,36)/t23-/m0/s1. The quantitative estimate of drug-likeness (QED) is 0.309. The van der Waals surface area contributed by atoms with Crippen molar-refractivity contribution < 1.29 is 19.1 Å². The van der Waals surface area contributed by atoms with E-state index >= 15 is 0 Å². The van der Waals surface area contributed by atoms with Crippen molar-refractivity contribution >= 4 is 40.7 Å². The molecule has 1 heterocycles. The summed E-state index contributed by atoms with van der Waals surface area (Å²) in [6.45, 7) is 0.201. The maximum absolute atomic E-state index is 13.5. The van der Waals surface area contributed by atoms with Gasteiger partial charge >= 0.3 is 6.03 Å². The molecule has 0 radical (unpaired) electrons. The molecule has 198 valence electrons. The number of hydrogen-bond donors (Lipinski definition) is 3. The third kappa shape index (κ3) is 5.84. The lowest BCUT2D eigenvalue weighted by atomic mass is 9.93. The number of carbonyl (C=O) groups is 2. The first-order valence-electron chi connectivity index (χ1n) is 11.9. The largest absolute Gasteiger partial charge is 0.493 e. The van der Waals surface area contributed by atoms with E-state index in [2.05, 4.69) is 10.6 Å². The van der Waals surface area contributed by atoms with Crippen LogP contribution >= 0.6 is 11.6 Å². The first-order chi connectivity index (χ1) is 18.2. The van der Waals surface area contributed by atoms with E-state index in [4.69, 9.17) is 26.5 Å². The van der Waals surface area contributed by atoms with Gasteiger partial charge in [-0.05, 0) is 71.8 Å². The molecule has 9 nitrogen and oxygen atoms in total. The van der Waals surface area contributed by atoms with Gasteiger partial charge in [-0.3, -0.25) is 10.2 Å². The summed E-state index contributed by atoms with van der Waals surface area (Å²) in [7, 11) is 6.71. The highest BCUT2D eigenvalue weighted by atomic mass is 35.5. The van der Waals surface area contributed by atoms with Crippen LogP contribution in [0.1, 0.15) is 16.7 Å². The topological polar surface area (TPSA) is 107 Å². The highest BCUT2D eigenvalue weighted by Crippen LogP contribution is 2.35. The number of benzene rings is 3. The zero-order valence-electron chi connectivity index (χ0n) is 21.7.